The van der Waals surface area contributed by atoms with Crippen LogP contribution in [-0.2, 0) is 19.1 Å². The Bertz CT molecular complexity index is 660. The van der Waals surface area contributed by atoms with Crippen molar-refractivity contribution < 1.29 is 24.2 Å². The summed E-state index contributed by atoms with van der Waals surface area (Å²) in [6, 6.07) is 0. The highest BCUT2D eigenvalue weighted by atomic mass is 16.6. The summed E-state index contributed by atoms with van der Waals surface area (Å²) in [5, 5.41) is 10.6. The van der Waals surface area contributed by atoms with Crippen LogP contribution in [0.4, 0.5) is 0 Å². The Morgan fingerprint density at radius 3 is 2.70 bits per heavy atom. The summed E-state index contributed by atoms with van der Waals surface area (Å²) >= 11 is 0. The smallest absolute Gasteiger partial charge is 0.334 e. The molecule has 0 amide bonds. The second-order valence-corrected chi connectivity index (χ2v) is 8.09. The first kappa shape index (κ1) is 21.4. The van der Waals surface area contributed by atoms with Gasteiger partial charge in [0.25, 0.3) is 0 Å². The predicted octanol–water partition coefficient (Wildman–Crippen LogP) is 4.01. The molecule has 2 bridgehead atoms. The molecular formula is C22H32O5. The molecule has 0 unspecified atom stereocenters. The lowest BCUT2D eigenvalue weighted by atomic mass is 9.83. The third kappa shape index (κ3) is 5.55. The monoisotopic (exact) mass is 376 g/mol. The minimum Gasteiger partial charge on any atom is -0.458 e. The molecule has 0 aromatic carbocycles. The van der Waals surface area contributed by atoms with E-state index < -0.39 is 23.8 Å². The molecule has 2 aliphatic rings. The van der Waals surface area contributed by atoms with Crippen LogP contribution in [0.5, 0.6) is 0 Å². The number of carbonyl (C=O) groups excluding carboxylic acids is 2. The van der Waals surface area contributed by atoms with Crippen molar-refractivity contribution >= 4 is 11.9 Å². The van der Waals surface area contributed by atoms with Gasteiger partial charge in [-0.1, -0.05) is 24.3 Å². The lowest BCUT2D eigenvalue weighted by molar-refractivity contribution is -0.180. The fraction of sp³-hybridized carbons (Fsp3) is 0.636. The molecule has 0 radical (unpaired) electrons. The summed E-state index contributed by atoms with van der Waals surface area (Å²) in [7, 11) is 0. The molecule has 5 nitrogen and oxygen atoms in total. The van der Waals surface area contributed by atoms with Crippen LogP contribution in [0.15, 0.2) is 35.5 Å². The van der Waals surface area contributed by atoms with E-state index in [9.17, 15) is 14.7 Å². The molecule has 1 N–H and O–H groups in total. The van der Waals surface area contributed by atoms with Crippen LogP contribution in [0.1, 0.15) is 66.2 Å². The Morgan fingerprint density at radius 2 is 2.04 bits per heavy atom. The van der Waals surface area contributed by atoms with Gasteiger partial charge in [0.2, 0.25) is 0 Å². The minimum absolute atomic E-state index is 0.157. The van der Waals surface area contributed by atoms with Gasteiger partial charge in [-0.25, -0.2) is 4.79 Å². The maximum atomic E-state index is 12.6. The van der Waals surface area contributed by atoms with E-state index in [0.29, 0.717) is 31.3 Å². The molecule has 1 saturated heterocycles. The molecule has 5 heteroatoms. The van der Waals surface area contributed by atoms with Crippen LogP contribution in [0.2, 0.25) is 0 Å². The molecule has 1 fully saturated rings. The van der Waals surface area contributed by atoms with Gasteiger partial charge in [0.1, 0.15) is 11.7 Å². The van der Waals surface area contributed by atoms with Crippen LogP contribution in [0, 0.1) is 5.92 Å². The van der Waals surface area contributed by atoms with Gasteiger partial charge in [0, 0.05) is 12.5 Å². The molecule has 4 atom stereocenters. The fourth-order valence-corrected chi connectivity index (χ4v) is 3.80. The average molecular weight is 376 g/mol. The zero-order chi connectivity index (χ0) is 20.2. The summed E-state index contributed by atoms with van der Waals surface area (Å²) in [6.07, 6.45) is 6.72. The second kappa shape index (κ2) is 8.87. The van der Waals surface area contributed by atoms with E-state index in [1.54, 1.807) is 0 Å². The largest absolute Gasteiger partial charge is 0.458 e. The first-order valence-corrected chi connectivity index (χ1v) is 9.72. The van der Waals surface area contributed by atoms with Crippen LogP contribution in [-0.4, -0.2) is 34.9 Å². The lowest BCUT2D eigenvalue weighted by Crippen LogP contribution is -2.45. The lowest BCUT2D eigenvalue weighted by Gasteiger charge is -2.35. The summed E-state index contributed by atoms with van der Waals surface area (Å²) in [5.41, 5.74) is 1.56. The first-order chi connectivity index (χ1) is 12.6. The van der Waals surface area contributed by atoms with E-state index in [2.05, 4.69) is 12.7 Å². The third-order valence-electron chi connectivity index (χ3n) is 5.80. The van der Waals surface area contributed by atoms with E-state index in [-0.39, 0.29) is 11.9 Å². The number of ether oxygens (including phenoxy) is 2. The van der Waals surface area contributed by atoms with Crippen molar-refractivity contribution in [1.29, 1.82) is 0 Å². The summed E-state index contributed by atoms with van der Waals surface area (Å²) in [4.78, 5) is 24.3. The minimum atomic E-state index is -0.902. The zero-order valence-corrected chi connectivity index (χ0v) is 16.9. The zero-order valence-electron chi connectivity index (χ0n) is 16.9. The number of hydrogen-bond donors (Lipinski definition) is 1. The standard InChI is InChI=1S/C22H32O5/c1-14-7-6-8-15(2)19(24)13-18-11-12-22(5,27-21(25)16(18)3)20(10-9-14)26-17(4)23/h7-8,18-20,24H,3,6,9-13H2,1-2,4-5H3/b14-7-,15-8-/t18-,19+,20+,22-/m1/s1. The van der Waals surface area contributed by atoms with Crippen LogP contribution < -0.4 is 0 Å². The highest BCUT2D eigenvalue weighted by Crippen LogP contribution is 2.38. The van der Waals surface area contributed by atoms with Crippen molar-refractivity contribution in [2.24, 2.45) is 5.92 Å². The molecule has 0 aromatic rings. The van der Waals surface area contributed by atoms with Crippen molar-refractivity contribution in [1.82, 2.24) is 0 Å². The maximum Gasteiger partial charge on any atom is 0.334 e. The quantitative estimate of drug-likeness (QED) is 0.425. The van der Waals surface area contributed by atoms with E-state index in [0.717, 1.165) is 18.4 Å². The van der Waals surface area contributed by atoms with Crippen molar-refractivity contribution in [3.63, 3.8) is 0 Å². The SMILES string of the molecule is C=C1C(=O)O[C@]2(C)CC[C@@H]1C[C@H](O)/C(C)=C\C/C=C(/C)CC[C@@H]2OC(C)=O. The fourth-order valence-electron chi connectivity index (χ4n) is 3.80. The number of hydrogen-bond acceptors (Lipinski definition) is 5. The van der Waals surface area contributed by atoms with Crippen LogP contribution >= 0.6 is 0 Å². The number of aliphatic hydroxyl groups is 1. The van der Waals surface area contributed by atoms with Crippen molar-refractivity contribution in [2.75, 3.05) is 0 Å². The van der Waals surface area contributed by atoms with Gasteiger partial charge in [-0.3, -0.25) is 4.79 Å². The number of fused-ring (bicyclic) bond motifs is 3. The van der Waals surface area contributed by atoms with Crippen molar-refractivity contribution in [3.8, 4) is 0 Å². The third-order valence-corrected chi connectivity index (χ3v) is 5.80. The van der Waals surface area contributed by atoms with E-state index in [4.69, 9.17) is 9.47 Å². The first-order valence-electron chi connectivity index (χ1n) is 9.72. The van der Waals surface area contributed by atoms with Gasteiger partial charge in [-0.15, -0.1) is 0 Å². The topological polar surface area (TPSA) is 72.8 Å². The Morgan fingerprint density at radius 1 is 1.33 bits per heavy atom. The summed E-state index contributed by atoms with van der Waals surface area (Å²) in [5.74, 6) is -1.00. The molecule has 150 valence electrons. The Hall–Kier alpha value is -1.88. The Balaban J connectivity index is 2.40. The molecule has 1 heterocycles. The van der Waals surface area contributed by atoms with E-state index in [1.165, 1.54) is 12.5 Å². The molecule has 1 aliphatic heterocycles. The number of aliphatic hydroxyl groups excluding tert-OH is 1. The normalized spacial score (nSPS) is 37.1. The predicted molar refractivity (Wildman–Crippen MR) is 104 cm³/mol. The van der Waals surface area contributed by atoms with Gasteiger partial charge < -0.3 is 14.6 Å². The second-order valence-electron chi connectivity index (χ2n) is 8.09. The van der Waals surface area contributed by atoms with Gasteiger partial charge in [-0.2, -0.15) is 0 Å². The average Bonchev–Trinajstić information content (AvgIpc) is 2.69. The molecular weight excluding hydrogens is 344 g/mol. The van der Waals surface area contributed by atoms with Crippen LogP contribution in [0.25, 0.3) is 0 Å². The number of rotatable bonds is 1. The van der Waals surface area contributed by atoms with Gasteiger partial charge in [0.15, 0.2) is 0 Å². The number of allylic oxidation sites excluding steroid dienone is 3. The van der Waals surface area contributed by atoms with Gasteiger partial charge >= 0.3 is 11.9 Å². The van der Waals surface area contributed by atoms with E-state index in [1.807, 2.05) is 26.8 Å². The van der Waals surface area contributed by atoms with E-state index >= 15 is 0 Å². The van der Waals surface area contributed by atoms with Gasteiger partial charge in [0.05, 0.1) is 6.10 Å². The maximum absolute atomic E-state index is 12.6. The number of esters is 2. The highest BCUT2D eigenvalue weighted by Gasteiger charge is 2.44. The van der Waals surface area contributed by atoms with Crippen molar-refractivity contribution in [3.05, 3.63) is 35.5 Å². The van der Waals surface area contributed by atoms with Crippen LogP contribution in [0.3, 0.4) is 0 Å². The molecule has 0 aromatic heterocycles. The summed E-state index contributed by atoms with van der Waals surface area (Å²) in [6.45, 7) is 11.1. The molecule has 27 heavy (non-hydrogen) atoms. The Kier molecular flexibility index (Phi) is 7.04. The molecule has 0 spiro atoms. The number of carbonyl (C=O) groups is 2. The molecule has 2 rings (SSSR count). The Labute approximate surface area is 162 Å². The molecule has 1 aliphatic carbocycles. The van der Waals surface area contributed by atoms with Crippen molar-refractivity contribution in [2.45, 2.75) is 84.0 Å². The summed E-state index contributed by atoms with van der Waals surface area (Å²) < 4.78 is 11.4. The van der Waals surface area contributed by atoms with Gasteiger partial charge in [-0.05, 0) is 70.8 Å². The molecule has 0 saturated carbocycles. The highest BCUT2D eigenvalue weighted by molar-refractivity contribution is 5.89.